The number of anilines is 1. The van der Waals surface area contributed by atoms with Crippen molar-refractivity contribution in [1.82, 2.24) is 4.57 Å². The number of aryl methyl sites for hydroxylation is 1. The Morgan fingerprint density at radius 3 is 2.43 bits per heavy atom. The van der Waals surface area contributed by atoms with Crippen LogP contribution in [-0.4, -0.2) is 30.7 Å². The van der Waals surface area contributed by atoms with Crippen molar-refractivity contribution in [2.45, 2.75) is 6.92 Å². The highest BCUT2D eigenvalue weighted by Crippen LogP contribution is 2.27. The molecule has 2 rings (SSSR count). The summed E-state index contributed by atoms with van der Waals surface area (Å²) in [6, 6.07) is 6.95. The highest BCUT2D eigenvalue weighted by Gasteiger charge is 2.24. The molecule has 0 unspecified atom stereocenters. The SMILES string of the molecule is COC(=O)c1cc(C)ccc1-n1cc(C#N)c(N)c1C(=O)OC. The number of nitrogens with zero attached hydrogens (tertiary/aromatic N) is 2. The molecule has 1 aromatic heterocycles. The van der Waals surface area contributed by atoms with E-state index in [9.17, 15) is 9.59 Å². The van der Waals surface area contributed by atoms with Crippen LogP contribution < -0.4 is 5.73 Å². The molecule has 7 heteroatoms. The molecule has 0 bridgehead atoms. The number of nitrogen functional groups attached to an aromatic ring is 1. The highest BCUT2D eigenvalue weighted by molar-refractivity contribution is 5.98. The number of nitriles is 1. The minimum Gasteiger partial charge on any atom is -0.465 e. The fourth-order valence-corrected chi connectivity index (χ4v) is 2.24. The van der Waals surface area contributed by atoms with Crippen molar-refractivity contribution < 1.29 is 19.1 Å². The van der Waals surface area contributed by atoms with Gasteiger partial charge in [0.05, 0.1) is 36.7 Å². The number of methoxy groups -OCH3 is 2. The van der Waals surface area contributed by atoms with Crippen molar-refractivity contribution >= 4 is 17.6 Å². The fourth-order valence-electron chi connectivity index (χ4n) is 2.24. The Bertz CT molecular complexity index is 831. The van der Waals surface area contributed by atoms with Gasteiger partial charge in [-0.3, -0.25) is 0 Å². The third kappa shape index (κ3) is 2.74. The second-order valence-corrected chi connectivity index (χ2v) is 4.79. The van der Waals surface area contributed by atoms with Gasteiger partial charge in [-0.2, -0.15) is 5.26 Å². The smallest absolute Gasteiger partial charge is 0.357 e. The van der Waals surface area contributed by atoms with E-state index in [1.165, 1.54) is 25.0 Å². The lowest BCUT2D eigenvalue weighted by Crippen LogP contribution is -2.14. The number of ether oxygens (including phenoxy) is 2. The van der Waals surface area contributed by atoms with Gasteiger partial charge in [0.2, 0.25) is 0 Å². The van der Waals surface area contributed by atoms with Gasteiger partial charge in [0, 0.05) is 6.20 Å². The van der Waals surface area contributed by atoms with Crippen LogP contribution in [0.5, 0.6) is 0 Å². The fraction of sp³-hybridized carbons (Fsp3) is 0.188. The quantitative estimate of drug-likeness (QED) is 0.866. The van der Waals surface area contributed by atoms with Gasteiger partial charge >= 0.3 is 11.9 Å². The van der Waals surface area contributed by atoms with E-state index in [1.807, 2.05) is 13.0 Å². The van der Waals surface area contributed by atoms with Crippen LogP contribution in [0.25, 0.3) is 5.69 Å². The normalized spacial score (nSPS) is 10.0. The number of carbonyl (C=O) groups is 2. The summed E-state index contributed by atoms with van der Waals surface area (Å²) >= 11 is 0. The van der Waals surface area contributed by atoms with Gasteiger partial charge < -0.3 is 19.8 Å². The summed E-state index contributed by atoms with van der Waals surface area (Å²) in [7, 11) is 2.47. The Kier molecular flexibility index (Phi) is 4.37. The second kappa shape index (κ2) is 6.23. The van der Waals surface area contributed by atoms with Crippen LogP contribution in [0, 0.1) is 18.3 Å². The van der Waals surface area contributed by atoms with Gasteiger partial charge in [0.15, 0.2) is 5.69 Å². The molecular formula is C16H15N3O4. The maximum Gasteiger partial charge on any atom is 0.357 e. The minimum absolute atomic E-state index is 0.00394. The van der Waals surface area contributed by atoms with Gasteiger partial charge in [-0.25, -0.2) is 9.59 Å². The summed E-state index contributed by atoms with van der Waals surface area (Å²) in [5.41, 5.74) is 7.41. The first kappa shape index (κ1) is 16.1. The lowest BCUT2D eigenvalue weighted by atomic mass is 10.1. The van der Waals surface area contributed by atoms with Crippen molar-refractivity contribution in [2.75, 3.05) is 20.0 Å². The Hall–Kier alpha value is -3.27. The molecule has 0 atom stereocenters. The number of aromatic nitrogens is 1. The van der Waals surface area contributed by atoms with Gasteiger partial charge in [-0.1, -0.05) is 11.6 Å². The molecule has 1 heterocycles. The number of esters is 2. The average Bonchev–Trinajstić information content (AvgIpc) is 2.89. The van der Waals surface area contributed by atoms with E-state index in [0.717, 1.165) is 5.56 Å². The van der Waals surface area contributed by atoms with Gasteiger partial charge in [0.25, 0.3) is 0 Å². The monoisotopic (exact) mass is 313 g/mol. The molecule has 0 fully saturated rings. The molecule has 0 aliphatic heterocycles. The van der Waals surface area contributed by atoms with Crippen LogP contribution in [0.4, 0.5) is 5.69 Å². The first-order valence-electron chi connectivity index (χ1n) is 6.63. The standard InChI is InChI=1S/C16H15N3O4/c1-9-4-5-12(11(6-9)15(20)22-2)19-8-10(7-17)13(18)14(19)16(21)23-3/h4-6,8H,18H2,1-3H3. The summed E-state index contributed by atoms with van der Waals surface area (Å²) in [5, 5.41) is 9.14. The zero-order valence-corrected chi connectivity index (χ0v) is 12.9. The number of rotatable bonds is 3. The zero-order valence-electron chi connectivity index (χ0n) is 12.9. The summed E-state index contributed by atoms with van der Waals surface area (Å²) in [4.78, 5) is 24.1. The zero-order chi connectivity index (χ0) is 17.1. The number of carbonyl (C=O) groups excluding carboxylic acids is 2. The molecule has 0 aliphatic carbocycles. The number of benzene rings is 1. The molecule has 118 valence electrons. The molecule has 0 saturated heterocycles. The van der Waals surface area contributed by atoms with Crippen LogP contribution >= 0.6 is 0 Å². The molecule has 0 saturated carbocycles. The predicted molar refractivity (Wildman–Crippen MR) is 82.3 cm³/mol. The van der Waals surface area contributed by atoms with Crippen molar-refractivity contribution in [3.63, 3.8) is 0 Å². The van der Waals surface area contributed by atoms with E-state index in [-0.39, 0.29) is 22.5 Å². The summed E-state index contributed by atoms with van der Waals surface area (Å²) in [6.45, 7) is 1.82. The van der Waals surface area contributed by atoms with Crippen LogP contribution in [0.2, 0.25) is 0 Å². The van der Waals surface area contributed by atoms with Crippen LogP contribution in [0.1, 0.15) is 32.0 Å². The lowest BCUT2D eigenvalue weighted by Gasteiger charge is -2.13. The van der Waals surface area contributed by atoms with Crippen molar-refractivity contribution in [1.29, 1.82) is 5.26 Å². The van der Waals surface area contributed by atoms with E-state index < -0.39 is 11.9 Å². The molecule has 23 heavy (non-hydrogen) atoms. The van der Waals surface area contributed by atoms with Crippen molar-refractivity contribution in [3.05, 3.63) is 46.8 Å². The number of nitrogens with two attached hydrogens (primary N) is 1. The molecule has 2 aromatic rings. The average molecular weight is 313 g/mol. The topological polar surface area (TPSA) is 107 Å². The van der Waals surface area contributed by atoms with Gasteiger partial charge in [-0.05, 0) is 19.1 Å². The summed E-state index contributed by atoms with van der Waals surface area (Å²) in [6.07, 6.45) is 1.39. The van der Waals surface area contributed by atoms with E-state index in [1.54, 1.807) is 18.2 Å². The first-order chi connectivity index (χ1) is 10.9. The Morgan fingerprint density at radius 2 is 1.87 bits per heavy atom. The number of hydrogen-bond acceptors (Lipinski definition) is 6. The largest absolute Gasteiger partial charge is 0.465 e. The summed E-state index contributed by atoms with van der Waals surface area (Å²) < 4.78 is 10.9. The van der Waals surface area contributed by atoms with Crippen LogP contribution in [-0.2, 0) is 9.47 Å². The number of hydrogen-bond donors (Lipinski definition) is 1. The Labute approximate surface area is 132 Å². The second-order valence-electron chi connectivity index (χ2n) is 4.79. The highest BCUT2D eigenvalue weighted by atomic mass is 16.5. The maximum atomic E-state index is 12.0. The van der Waals surface area contributed by atoms with Crippen molar-refractivity contribution in [2.24, 2.45) is 0 Å². The third-order valence-corrected chi connectivity index (χ3v) is 3.36. The molecule has 1 aromatic carbocycles. The lowest BCUT2D eigenvalue weighted by molar-refractivity contribution is 0.0582. The maximum absolute atomic E-state index is 12.0. The molecule has 0 spiro atoms. The van der Waals surface area contributed by atoms with E-state index in [0.29, 0.717) is 5.69 Å². The van der Waals surface area contributed by atoms with Gasteiger partial charge in [0.1, 0.15) is 6.07 Å². The molecule has 0 radical (unpaired) electrons. The molecule has 0 aliphatic rings. The molecule has 2 N–H and O–H groups in total. The Morgan fingerprint density at radius 1 is 1.22 bits per heavy atom. The van der Waals surface area contributed by atoms with Gasteiger partial charge in [-0.15, -0.1) is 0 Å². The molecule has 7 nitrogen and oxygen atoms in total. The van der Waals surface area contributed by atoms with Crippen LogP contribution in [0.15, 0.2) is 24.4 Å². The first-order valence-corrected chi connectivity index (χ1v) is 6.63. The van der Waals surface area contributed by atoms with E-state index in [4.69, 9.17) is 20.5 Å². The van der Waals surface area contributed by atoms with E-state index in [2.05, 4.69) is 0 Å². The minimum atomic E-state index is -0.708. The van der Waals surface area contributed by atoms with Crippen LogP contribution in [0.3, 0.4) is 0 Å². The Balaban J connectivity index is 2.80. The van der Waals surface area contributed by atoms with E-state index >= 15 is 0 Å². The predicted octanol–water partition coefficient (Wildman–Crippen LogP) is 1.81. The molecular weight excluding hydrogens is 298 g/mol. The van der Waals surface area contributed by atoms with Crippen molar-refractivity contribution in [3.8, 4) is 11.8 Å². The third-order valence-electron chi connectivity index (χ3n) is 3.36. The summed E-state index contributed by atoms with van der Waals surface area (Å²) in [5.74, 6) is -1.27. The molecule has 0 amide bonds.